The summed E-state index contributed by atoms with van der Waals surface area (Å²) in [7, 11) is 2.83. The molecular formula is C11H12O5S. The van der Waals surface area contributed by atoms with E-state index in [4.69, 9.17) is 14.6 Å². The number of carboxylic acids is 1. The monoisotopic (exact) mass is 256 g/mol. The number of Topliss-reactive ketones (excluding diaryl/α,β-unsaturated/α-hetero) is 1. The Balaban J connectivity index is 3.50. The number of methoxy groups -OCH3 is 2. The van der Waals surface area contributed by atoms with Gasteiger partial charge in [-0.15, -0.1) is 11.8 Å². The fourth-order valence-corrected chi connectivity index (χ4v) is 2.15. The first-order valence-electron chi connectivity index (χ1n) is 4.63. The van der Waals surface area contributed by atoms with Crippen molar-refractivity contribution < 1.29 is 24.2 Å². The van der Waals surface area contributed by atoms with Gasteiger partial charge < -0.3 is 14.6 Å². The van der Waals surface area contributed by atoms with Gasteiger partial charge >= 0.3 is 5.97 Å². The van der Waals surface area contributed by atoms with Gasteiger partial charge in [-0.25, -0.2) is 4.79 Å². The molecule has 0 aliphatic rings. The summed E-state index contributed by atoms with van der Waals surface area (Å²) in [6.07, 6.45) is 1.73. The minimum atomic E-state index is -1.52. The zero-order valence-corrected chi connectivity index (χ0v) is 10.5. The van der Waals surface area contributed by atoms with Gasteiger partial charge in [0.2, 0.25) is 0 Å². The Morgan fingerprint density at radius 3 is 2.12 bits per heavy atom. The largest absolute Gasteiger partial charge is 0.496 e. The smallest absolute Gasteiger partial charge is 0.377 e. The van der Waals surface area contributed by atoms with E-state index in [2.05, 4.69) is 0 Å². The second-order valence-corrected chi connectivity index (χ2v) is 3.83. The van der Waals surface area contributed by atoms with Crippen molar-refractivity contribution in [3.05, 3.63) is 17.7 Å². The number of rotatable bonds is 5. The number of carbonyl (C=O) groups is 2. The summed E-state index contributed by atoms with van der Waals surface area (Å²) in [5, 5.41) is 8.78. The highest BCUT2D eigenvalue weighted by Gasteiger charge is 2.25. The Labute approximate surface area is 103 Å². The number of thioether (sulfide) groups is 1. The van der Waals surface area contributed by atoms with Crippen LogP contribution in [0.2, 0.25) is 0 Å². The van der Waals surface area contributed by atoms with Crippen LogP contribution >= 0.6 is 11.8 Å². The molecular weight excluding hydrogens is 244 g/mol. The van der Waals surface area contributed by atoms with E-state index in [0.717, 1.165) is 0 Å². The number of ether oxygens (including phenoxy) is 2. The van der Waals surface area contributed by atoms with Gasteiger partial charge in [0.1, 0.15) is 11.5 Å². The van der Waals surface area contributed by atoms with Crippen molar-refractivity contribution >= 4 is 23.5 Å². The summed E-state index contributed by atoms with van der Waals surface area (Å²) in [6, 6.07) is 3.14. The van der Waals surface area contributed by atoms with Crippen molar-refractivity contribution in [3.8, 4) is 11.5 Å². The standard InChI is InChI=1S/C11H12O5S/c1-15-6-4-5-7(16-2)10(17-3)8(6)9(12)11(13)14/h4-5H,1-3H3,(H,13,14). The van der Waals surface area contributed by atoms with Crippen LogP contribution in [0.1, 0.15) is 10.4 Å². The maximum atomic E-state index is 11.6. The van der Waals surface area contributed by atoms with Gasteiger partial charge in [-0.3, -0.25) is 4.79 Å². The second-order valence-electron chi connectivity index (χ2n) is 3.01. The van der Waals surface area contributed by atoms with Crippen LogP contribution in [0.3, 0.4) is 0 Å². The molecule has 0 spiro atoms. The van der Waals surface area contributed by atoms with Crippen molar-refractivity contribution in [1.82, 2.24) is 0 Å². The third kappa shape index (κ3) is 2.52. The van der Waals surface area contributed by atoms with E-state index in [9.17, 15) is 9.59 Å². The highest BCUT2D eigenvalue weighted by Crippen LogP contribution is 2.37. The van der Waals surface area contributed by atoms with Crippen LogP contribution in [0, 0.1) is 0 Å². The Kier molecular flexibility index (Phi) is 4.39. The fourth-order valence-electron chi connectivity index (χ4n) is 1.40. The van der Waals surface area contributed by atoms with Crippen molar-refractivity contribution in [1.29, 1.82) is 0 Å². The minimum absolute atomic E-state index is 0.0202. The summed E-state index contributed by atoms with van der Waals surface area (Å²) in [4.78, 5) is 22.9. The zero-order valence-electron chi connectivity index (χ0n) is 9.64. The van der Waals surface area contributed by atoms with Gasteiger partial charge in [-0.2, -0.15) is 0 Å². The number of hydrogen-bond donors (Lipinski definition) is 1. The summed E-state index contributed by atoms with van der Waals surface area (Å²) < 4.78 is 10.1. The molecule has 0 fully saturated rings. The van der Waals surface area contributed by atoms with Crippen molar-refractivity contribution in [2.24, 2.45) is 0 Å². The highest BCUT2D eigenvalue weighted by atomic mass is 32.2. The fraction of sp³-hybridized carbons (Fsp3) is 0.273. The maximum absolute atomic E-state index is 11.6. The number of ketones is 1. The lowest BCUT2D eigenvalue weighted by molar-refractivity contribution is -0.131. The topological polar surface area (TPSA) is 72.8 Å². The molecule has 0 saturated carbocycles. The predicted molar refractivity (Wildman–Crippen MR) is 63.3 cm³/mol. The molecule has 1 rings (SSSR count). The normalized spacial score (nSPS) is 9.82. The number of aliphatic carboxylic acids is 1. The Bertz CT molecular complexity index is 455. The van der Waals surface area contributed by atoms with E-state index in [-0.39, 0.29) is 11.3 Å². The minimum Gasteiger partial charge on any atom is -0.496 e. The van der Waals surface area contributed by atoms with Crippen LogP contribution in [-0.2, 0) is 4.79 Å². The molecule has 5 nitrogen and oxygen atoms in total. The Hall–Kier alpha value is -1.69. The van der Waals surface area contributed by atoms with Gasteiger partial charge in [0.15, 0.2) is 0 Å². The van der Waals surface area contributed by atoms with Gasteiger partial charge in [0.05, 0.1) is 24.7 Å². The van der Waals surface area contributed by atoms with Gasteiger partial charge in [0.25, 0.3) is 5.78 Å². The van der Waals surface area contributed by atoms with E-state index in [1.165, 1.54) is 32.0 Å². The summed E-state index contributed by atoms with van der Waals surface area (Å²) in [5.74, 6) is -1.86. The van der Waals surface area contributed by atoms with Crippen LogP contribution < -0.4 is 9.47 Å². The molecule has 0 heterocycles. The molecule has 0 radical (unpaired) electrons. The van der Waals surface area contributed by atoms with E-state index in [1.54, 1.807) is 12.3 Å². The van der Waals surface area contributed by atoms with Crippen molar-refractivity contribution in [3.63, 3.8) is 0 Å². The van der Waals surface area contributed by atoms with E-state index < -0.39 is 11.8 Å². The van der Waals surface area contributed by atoms with Gasteiger partial charge in [-0.1, -0.05) is 0 Å². The number of hydrogen-bond acceptors (Lipinski definition) is 5. The van der Waals surface area contributed by atoms with E-state index in [1.807, 2.05) is 0 Å². The van der Waals surface area contributed by atoms with Crippen LogP contribution in [0.4, 0.5) is 0 Å². The predicted octanol–water partition coefficient (Wildman–Crippen LogP) is 1.69. The SMILES string of the molecule is COc1ccc(OC)c(C(=O)C(=O)O)c1SC. The molecule has 0 amide bonds. The van der Waals surface area contributed by atoms with Crippen molar-refractivity contribution in [2.45, 2.75) is 4.90 Å². The number of carbonyl (C=O) groups excluding carboxylic acids is 1. The zero-order chi connectivity index (χ0) is 13.0. The molecule has 1 aromatic carbocycles. The molecule has 0 aliphatic carbocycles. The number of carboxylic acid groups (broad SMARTS) is 1. The molecule has 0 bridgehead atoms. The molecule has 0 aliphatic heterocycles. The average molecular weight is 256 g/mol. The molecule has 0 atom stereocenters. The highest BCUT2D eigenvalue weighted by molar-refractivity contribution is 7.98. The molecule has 92 valence electrons. The van der Waals surface area contributed by atoms with Crippen molar-refractivity contribution in [2.75, 3.05) is 20.5 Å². The first-order valence-corrected chi connectivity index (χ1v) is 5.85. The summed E-state index contributed by atoms with van der Waals surface area (Å²) >= 11 is 1.23. The first kappa shape index (κ1) is 13.4. The van der Waals surface area contributed by atoms with Crippen LogP contribution in [0.25, 0.3) is 0 Å². The van der Waals surface area contributed by atoms with Crippen LogP contribution in [0.15, 0.2) is 17.0 Å². The third-order valence-corrected chi connectivity index (χ3v) is 2.96. The molecule has 0 aromatic heterocycles. The average Bonchev–Trinajstić information content (AvgIpc) is 2.35. The molecule has 6 heteroatoms. The van der Waals surface area contributed by atoms with Gasteiger partial charge in [0, 0.05) is 0 Å². The van der Waals surface area contributed by atoms with Gasteiger partial charge in [-0.05, 0) is 18.4 Å². The molecule has 0 saturated heterocycles. The maximum Gasteiger partial charge on any atom is 0.377 e. The lowest BCUT2D eigenvalue weighted by Gasteiger charge is -2.13. The van der Waals surface area contributed by atoms with E-state index in [0.29, 0.717) is 10.6 Å². The Morgan fingerprint density at radius 1 is 1.18 bits per heavy atom. The lowest BCUT2D eigenvalue weighted by atomic mass is 10.1. The molecule has 17 heavy (non-hydrogen) atoms. The molecule has 1 aromatic rings. The quantitative estimate of drug-likeness (QED) is 0.491. The van der Waals surface area contributed by atoms with E-state index >= 15 is 0 Å². The number of benzene rings is 1. The third-order valence-electron chi connectivity index (χ3n) is 2.15. The van der Waals surface area contributed by atoms with Crippen LogP contribution in [-0.4, -0.2) is 37.3 Å². The lowest BCUT2D eigenvalue weighted by Crippen LogP contribution is -2.15. The van der Waals surface area contributed by atoms with Crippen LogP contribution in [0.5, 0.6) is 11.5 Å². The Morgan fingerprint density at radius 2 is 1.71 bits per heavy atom. The first-order chi connectivity index (χ1) is 8.06. The second kappa shape index (κ2) is 5.58. The molecule has 0 unspecified atom stereocenters. The summed E-state index contributed by atoms with van der Waals surface area (Å²) in [5.41, 5.74) is 0.0202. The molecule has 1 N–H and O–H groups in total. The summed E-state index contributed by atoms with van der Waals surface area (Å²) in [6.45, 7) is 0.